The Balaban J connectivity index is 2.19. The Morgan fingerprint density at radius 3 is 2.89 bits per heavy atom. The minimum atomic E-state index is 0.637. The summed E-state index contributed by atoms with van der Waals surface area (Å²) in [4.78, 5) is 0. The molecule has 0 spiro atoms. The zero-order chi connectivity index (χ0) is 13.4. The maximum atomic E-state index is 5.62. The van der Waals surface area contributed by atoms with E-state index >= 15 is 0 Å². The number of para-hydroxylation sites is 1. The monoisotopic (exact) mass is 254 g/mol. The minimum absolute atomic E-state index is 0.637. The second kappa shape index (κ2) is 4.55. The molecule has 3 aromatic rings. The number of rotatable bonds is 3. The topological polar surface area (TPSA) is 59.6 Å². The number of nitrogens with zero attached hydrogens (tertiary/aromatic N) is 2. The van der Waals surface area contributed by atoms with Crippen molar-refractivity contribution in [2.24, 2.45) is 12.8 Å². The Morgan fingerprint density at radius 2 is 2.11 bits per heavy atom. The summed E-state index contributed by atoms with van der Waals surface area (Å²) in [5, 5.41) is 8.82. The number of fused-ring (bicyclic) bond motifs is 1. The smallest absolute Gasteiger partial charge is 0.0974 e. The van der Waals surface area contributed by atoms with Crippen LogP contribution in [0.3, 0.4) is 0 Å². The highest BCUT2D eigenvalue weighted by molar-refractivity contribution is 5.95. The van der Waals surface area contributed by atoms with Gasteiger partial charge in [-0.05, 0) is 25.1 Å². The Morgan fingerprint density at radius 1 is 1.32 bits per heavy atom. The molecule has 4 heteroatoms. The molecule has 98 valence electrons. The van der Waals surface area contributed by atoms with Crippen molar-refractivity contribution in [2.45, 2.75) is 13.3 Å². The van der Waals surface area contributed by atoms with Crippen LogP contribution in [-0.2, 0) is 13.5 Å². The first kappa shape index (κ1) is 12.0. The number of hydrogen-bond acceptors (Lipinski definition) is 2. The van der Waals surface area contributed by atoms with Crippen molar-refractivity contribution in [2.75, 3.05) is 6.54 Å². The standard InChI is InChI=1S/C15H18N4/c1-10-13(7-8-16)17-18-15(10)12-9-19(2)14-6-4-3-5-11(12)14/h3-6,9H,7-8,16H2,1-2H3,(H,17,18). The number of nitrogens with one attached hydrogen (secondary N) is 1. The second-order valence-electron chi connectivity index (χ2n) is 4.89. The molecule has 19 heavy (non-hydrogen) atoms. The fraction of sp³-hybridized carbons (Fsp3) is 0.267. The Bertz CT molecular complexity index is 721. The molecule has 0 aliphatic heterocycles. The van der Waals surface area contributed by atoms with E-state index in [2.05, 4.69) is 59.2 Å². The van der Waals surface area contributed by atoms with Gasteiger partial charge in [-0.25, -0.2) is 0 Å². The van der Waals surface area contributed by atoms with Crippen molar-refractivity contribution in [1.82, 2.24) is 14.8 Å². The molecular weight excluding hydrogens is 236 g/mol. The summed E-state index contributed by atoms with van der Waals surface area (Å²) in [6.45, 7) is 2.74. The zero-order valence-corrected chi connectivity index (χ0v) is 11.3. The van der Waals surface area contributed by atoms with Crippen LogP contribution < -0.4 is 5.73 Å². The third-order valence-corrected chi connectivity index (χ3v) is 3.66. The van der Waals surface area contributed by atoms with Crippen LogP contribution in [0, 0.1) is 6.92 Å². The molecule has 2 aromatic heterocycles. The number of aromatic amines is 1. The summed E-state index contributed by atoms with van der Waals surface area (Å²) in [7, 11) is 2.06. The van der Waals surface area contributed by atoms with Gasteiger partial charge in [0.1, 0.15) is 0 Å². The summed E-state index contributed by atoms with van der Waals surface area (Å²) in [5.41, 5.74) is 11.4. The highest BCUT2D eigenvalue weighted by Crippen LogP contribution is 2.31. The van der Waals surface area contributed by atoms with E-state index in [1.54, 1.807) is 0 Å². The summed E-state index contributed by atoms with van der Waals surface area (Å²) >= 11 is 0. The van der Waals surface area contributed by atoms with Gasteiger partial charge in [0.2, 0.25) is 0 Å². The molecule has 0 unspecified atom stereocenters. The first-order valence-corrected chi connectivity index (χ1v) is 6.50. The van der Waals surface area contributed by atoms with Crippen molar-refractivity contribution in [3.63, 3.8) is 0 Å². The van der Waals surface area contributed by atoms with Gasteiger partial charge in [0.05, 0.1) is 5.69 Å². The molecule has 0 aliphatic rings. The average Bonchev–Trinajstić information content (AvgIpc) is 2.93. The maximum Gasteiger partial charge on any atom is 0.0974 e. The van der Waals surface area contributed by atoms with Gasteiger partial charge in [0, 0.05) is 41.8 Å². The fourth-order valence-electron chi connectivity index (χ4n) is 2.61. The van der Waals surface area contributed by atoms with E-state index in [4.69, 9.17) is 5.73 Å². The van der Waals surface area contributed by atoms with Gasteiger partial charge < -0.3 is 10.3 Å². The van der Waals surface area contributed by atoms with Gasteiger partial charge in [-0.2, -0.15) is 5.10 Å². The summed E-state index contributed by atoms with van der Waals surface area (Å²) in [5.74, 6) is 0. The van der Waals surface area contributed by atoms with Crippen LogP contribution in [0.2, 0.25) is 0 Å². The summed E-state index contributed by atoms with van der Waals surface area (Å²) < 4.78 is 2.14. The molecule has 0 radical (unpaired) electrons. The van der Waals surface area contributed by atoms with Crippen LogP contribution in [0.5, 0.6) is 0 Å². The molecular formula is C15H18N4. The van der Waals surface area contributed by atoms with Gasteiger partial charge in [0.25, 0.3) is 0 Å². The summed E-state index contributed by atoms with van der Waals surface area (Å²) in [6, 6.07) is 8.39. The van der Waals surface area contributed by atoms with Crippen molar-refractivity contribution in [1.29, 1.82) is 0 Å². The molecule has 0 atom stereocenters. The predicted molar refractivity (Wildman–Crippen MR) is 78.0 cm³/mol. The number of aromatic nitrogens is 3. The molecule has 3 rings (SSSR count). The Hall–Kier alpha value is -2.07. The number of benzene rings is 1. The average molecular weight is 254 g/mol. The third kappa shape index (κ3) is 1.85. The SMILES string of the molecule is Cc1c(-c2cn(C)c3ccccc23)n[nH]c1CCN. The van der Waals surface area contributed by atoms with Crippen LogP contribution in [0.4, 0.5) is 0 Å². The first-order chi connectivity index (χ1) is 9.22. The molecule has 2 heterocycles. The first-order valence-electron chi connectivity index (χ1n) is 6.50. The quantitative estimate of drug-likeness (QED) is 0.754. The Kier molecular flexibility index (Phi) is 2.87. The number of hydrogen-bond donors (Lipinski definition) is 2. The van der Waals surface area contributed by atoms with Gasteiger partial charge >= 0.3 is 0 Å². The van der Waals surface area contributed by atoms with E-state index in [1.807, 2.05) is 0 Å². The largest absolute Gasteiger partial charge is 0.350 e. The molecule has 0 aliphatic carbocycles. The van der Waals surface area contributed by atoms with Crippen LogP contribution in [0.1, 0.15) is 11.3 Å². The van der Waals surface area contributed by atoms with Crippen LogP contribution in [-0.4, -0.2) is 21.3 Å². The molecule has 0 saturated carbocycles. The lowest BCUT2D eigenvalue weighted by atomic mass is 10.1. The lowest BCUT2D eigenvalue weighted by Crippen LogP contribution is -2.03. The van der Waals surface area contributed by atoms with Gasteiger partial charge in [0.15, 0.2) is 0 Å². The van der Waals surface area contributed by atoms with Crippen molar-refractivity contribution >= 4 is 10.9 Å². The lowest BCUT2D eigenvalue weighted by Gasteiger charge is -1.98. The normalized spacial score (nSPS) is 11.3. The molecule has 0 amide bonds. The molecule has 1 aromatic carbocycles. The van der Waals surface area contributed by atoms with Gasteiger partial charge in [-0.15, -0.1) is 0 Å². The van der Waals surface area contributed by atoms with Crippen molar-refractivity contribution < 1.29 is 0 Å². The predicted octanol–water partition coefficient (Wildman–Crippen LogP) is 2.38. The van der Waals surface area contributed by atoms with E-state index in [1.165, 1.54) is 22.0 Å². The lowest BCUT2D eigenvalue weighted by molar-refractivity contribution is 0.896. The minimum Gasteiger partial charge on any atom is -0.350 e. The van der Waals surface area contributed by atoms with Crippen molar-refractivity contribution in [3.05, 3.63) is 41.7 Å². The van der Waals surface area contributed by atoms with Crippen LogP contribution in [0.15, 0.2) is 30.5 Å². The number of nitrogens with two attached hydrogens (primary N) is 1. The van der Waals surface area contributed by atoms with Crippen LogP contribution >= 0.6 is 0 Å². The van der Waals surface area contributed by atoms with Gasteiger partial charge in [-0.1, -0.05) is 18.2 Å². The molecule has 0 fully saturated rings. The zero-order valence-electron chi connectivity index (χ0n) is 11.3. The molecule has 3 N–H and O–H groups in total. The Labute approximate surface area is 112 Å². The molecule has 4 nitrogen and oxygen atoms in total. The maximum absolute atomic E-state index is 5.62. The van der Waals surface area contributed by atoms with Crippen molar-refractivity contribution in [3.8, 4) is 11.3 Å². The van der Waals surface area contributed by atoms with Crippen LogP contribution in [0.25, 0.3) is 22.2 Å². The van der Waals surface area contributed by atoms with E-state index < -0.39 is 0 Å². The van der Waals surface area contributed by atoms with E-state index in [0.29, 0.717) is 6.54 Å². The highest BCUT2D eigenvalue weighted by atomic mass is 15.1. The second-order valence-corrected chi connectivity index (χ2v) is 4.89. The van der Waals surface area contributed by atoms with E-state index in [0.717, 1.165) is 17.8 Å². The molecule has 0 saturated heterocycles. The fourth-order valence-corrected chi connectivity index (χ4v) is 2.61. The highest BCUT2D eigenvalue weighted by Gasteiger charge is 2.15. The van der Waals surface area contributed by atoms with E-state index in [9.17, 15) is 0 Å². The van der Waals surface area contributed by atoms with E-state index in [-0.39, 0.29) is 0 Å². The number of aryl methyl sites for hydroxylation is 1. The third-order valence-electron chi connectivity index (χ3n) is 3.66. The molecule has 0 bridgehead atoms. The summed E-state index contributed by atoms with van der Waals surface area (Å²) in [6.07, 6.45) is 2.98. The van der Waals surface area contributed by atoms with Gasteiger partial charge in [-0.3, -0.25) is 5.10 Å². The number of H-pyrrole nitrogens is 1.